The Morgan fingerprint density at radius 3 is 2.35 bits per heavy atom. The van der Waals surface area contributed by atoms with Crippen molar-refractivity contribution < 1.29 is 27.8 Å². The van der Waals surface area contributed by atoms with Crippen LogP contribution in [0, 0.1) is 11.6 Å². The number of halogens is 3. The maximum absolute atomic E-state index is 15.0. The number of nitrogens with one attached hydrogen (secondary N) is 2. The number of fused-ring (bicyclic) bond motifs is 2. The fourth-order valence-electron chi connectivity index (χ4n) is 4.64. The second kappa shape index (κ2) is 9.84. The van der Waals surface area contributed by atoms with Gasteiger partial charge in [-0.2, -0.15) is 0 Å². The van der Waals surface area contributed by atoms with Gasteiger partial charge in [-0.15, -0.1) is 0 Å². The lowest BCUT2D eigenvalue weighted by Crippen LogP contribution is -2.41. The Balaban J connectivity index is 1.39. The molecule has 0 spiro atoms. The van der Waals surface area contributed by atoms with Crippen molar-refractivity contribution in [2.75, 3.05) is 6.54 Å². The molecular formula is C25H22F3N3O5S. The predicted octanol–water partition coefficient (Wildman–Crippen LogP) is 2.39. The first-order valence-corrected chi connectivity index (χ1v) is 12.4. The average Bonchev–Trinajstić information content (AvgIpc) is 3.15. The lowest BCUT2D eigenvalue weighted by atomic mass is 9.89. The summed E-state index contributed by atoms with van der Waals surface area (Å²) in [4.78, 5) is 39.8. The molecule has 1 aromatic heterocycles. The Kier molecular flexibility index (Phi) is 6.73. The van der Waals surface area contributed by atoms with Gasteiger partial charge in [0.25, 0.3) is 5.56 Å². The third-order valence-corrected chi connectivity index (χ3v) is 7.82. The van der Waals surface area contributed by atoms with E-state index in [2.05, 4.69) is 10.3 Å². The smallest absolute Gasteiger partial charge is 0.330 e. The number of amides is 1. The first-order chi connectivity index (χ1) is 17.7. The molecule has 37 heavy (non-hydrogen) atoms. The number of alkyl halides is 1. The number of H-pyrrole nitrogens is 1. The third-order valence-electron chi connectivity index (χ3n) is 6.55. The first kappa shape index (κ1) is 25.3. The molecule has 2 aliphatic heterocycles. The molecule has 1 fully saturated rings. The van der Waals surface area contributed by atoms with Gasteiger partial charge in [-0.25, -0.2) is 18.0 Å². The maximum Gasteiger partial charge on any atom is 0.330 e. The number of carbonyl (C=O) groups is 1. The molecular weight excluding hydrogens is 511 g/mol. The van der Waals surface area contributed by atoms with E-state index in [4.69, 9.17) is 4.74 Å². The summed E-state index contributed by atoms with van der Waals surface area (Å²) in [7, 11) is 0. The Hall–Kier alpha value is -3.35. The molecule has 0 unspecified atom stereocenters. The van der Waals surface area contributed by atoms with E-state index < -0.39 is 59.3 Å². The zero-order valence-corrected chi connectivity index (χ0v) is 20.2. The fraction of sp³-hybridized carbons (Fsp3) is 0.320. The van der Waals surface area contributed by atoms with Crippen LogP contribution in [-0.2, 0) is 16.0 Å². The van der Waals surface area contributed by atoms with E-state index in [9.17, 15) is 32.7 Å². The van der Waals surface area contributed by atoms with Gasteiger partial charge in [0.1, 0.15) is 23.8 Å². The number of aliphatic hydroxyl groups excluding tert-OH is 1. The van der Waals surface area contributed by atoms with Crippen molar-refractivity contribution in [3.05, 3.63) is 91.8 Å². The van der Waals surface area contributed by atoms with Gasteiger partial charge in [0.2, 0.25) is 5.91 Å². The molecule has 8 nitrogen and oxygen atoms in total. The molecule has 1 saturated heterocycles. The molecule has 0 radical (unpaired) electrons. The molecule has 0 saturated carbocycles. The number of nitrogens with zero attached hydrogens (tertiary/aromatic N) is 1. The van der Waals surface area contributed by atoms with E-state index in [-0.39, 0.29) is 28.3 Å². The second-order valence-corrected chi connectivity index (χ2v) is 9.79. The van der Waals surface area contributed by atoms with Crippen molar-refractivity contribution in [2.45, 2.75) is 53.7 Å². The molecule has 2 aromatic carbocycles. The number of benzene rings is 2. The van der Waals surface area contributed by atoms with Gasteiger partial charge in [-0.3, -0.25) is 19.1 Å². The molecule has 3 N–H and O–H groups in total. The van der Waals surface area contributed by atoms with Crippen molar-refractivity contribution in [3.8, 4) is 0 Å². The van der Waals surface area contributed by atoms with Crippen LogP contribution in [0.4, 0.5) is 13.2 Å². The summed E-state index contributed by atoms with van der Waals surface area (Å²) in [6.45, 7) is 1.35. The van der Waals surface area contributed by atoms with Crippen molar-refractivity contribution >= 4 is 17.7 Å². The van der Waals surface area contributed by atoms with Gasteiger partial charge in [0, 0.05) is 18.3 Å². The summed E-state index contributed by atoms with van der Waals surface area (Å²) in [5.41, 5.74) is -0.568. The van der Waals surface area contributed by atoms with Crippen molar-refractivity contribution in [2.24, 2.45) is 0 Å². The number of aryl methyl sites for hydroxylation is 1. The number of hydrogen-bond acceptors (Lipinski definition) is 6. The van der Waals surface area contributed by atoms with Gasteiger partial charge < -0.3 is 15.2 Å². The largest absolute Gasteiger partial charge is 0.387 e. The van der Waals surface area contributed by atoms with Gasteiger partial charge in [-0.1, -0.05) is 43.0 Å². The molecule has 0 aliphatic carbocycles. The Bertz CT molecular complexity index is 1440. The number of rotatable bonds is 5. The average molecular weight is 534 g/mol. The summed E-state index contributed by atoms with van der Waals surface area (Å²) in [5, 5.41) is 13.0. The molecule has 2 aliphatic rings. The summed E-state index contributed by atoms with van der Waals surface area (Å²) in [6, 6.07) is 8.50. The van der Waals surface area contributed by atoms with E-state index >= 15 is 0 Å². The number of aromatic nitrogens is 2. The molecule has 3 heterocycles. The highest BCUT2D eigenvalue weighted by molar-refractivity contribution is 7.99. The number of ether oxygens (including phenoxy) is 1. The van der Waals surface area contributed by atoms with Gasteiger partial charge >= 0.3 is 5.69 Å². The topological polar surface area (TPSA) is 113 Å². The summed E-state index contributed by atoms with van der Waals surface area (Å²) in [5.74, 6) is -2.86. The fourth-order valence-corrected chi connectivity index (χ4v) is 5.78. The van der Waals surface area contributed by atoms with E-state index in [0.29, 0.717) is 11.1 Å². The van der Waals surface area contributed by atoms with Crippen molar-refractivity contribution in [1.29, 1.82) is 0 Å². The second-order valence-electron chi connectivity index (χ2n) is 8.77. The van der Waals surface area contributed by atoms with Crippen LogP contribution in [0.2, 0.25) is 0 Å². The van der Waals surface area contributed by atoms with E-state index in [1.165, 1.54) is 30.5 Å². The van der Waals surface area contributed by atoms with Gasteiger partial charge in [0.15, 0.2) is 12.4 Å². The Morgan fingerprint density at radius 1 is 1.14 bits per heavy atom. The lowest BCUT2D eigenvalue weighted by Gasteiger charge is -2.28. The molecule has 5 rings (SSSR count). The van der Waals surface area contributed by atoms with Gasteiger partial charge in [-0.05, 0) is 29.7 Å². The minimum atomic E-state index is -2.02. The van der Waals surface area contributed by atoms with E-state index in [1.54, 1.807) is 19.1 Å². The quantitative estimate of drug-likeness (QED) is 0.464. The standard InChI is InChI=1S/C25H22F3N3O5S/c1-2-11-10-31(25(35)30-22(11)33)24-18(28)19(32)16(36-24)9-29-23(34)17-12-5-3-7-14(26)20(12)37-21-13(17)6-4-8-15(21)27/h3-8,10,16-19,24,32H,2,9H2,1H3,(H,29,34)(H,30,33,35)/t16-,18+,19-,24-/m1/s1. The highest BCUT2D eigenvalue weighted by atomic mass is 32.2. The molecule has 3 aromatic rings. The maximum atomic E-state index is 15.0. The van der Waals surface area contributed by atoms with Crippen LogP contribution in [-0.4, -0.2) is 45.5 Å². The minimum absolute atomic E-state index is 0.130. The molecule has 0 bridgehead atoms. The highest BCUT2D eigenvalue weighted by Gasteiger charge is 2.46. The molecule has 194 valence electrons. The van der Waals surface area contributed by atoms with Crippen LogP contribution < -0.4 is 16.6 Å². The monoisotopic (exact) mass is 533 g/mol. The number of hydrogen-bond donors (Lipinski definition) is 3. The van der Waals surface area contributed by atoms with E-state index in [1.807, 2.05) is 0 Å². The summed E-state index contributed by atoms with van der Waals surface area (Å²) in [6.07, 6.45) is -5.00. The van der Waals surface area contributed by atoms with Crippen LogP contribution in [0.1, 0.15) is 35.8 Å². The number of aromatic amines is 1. The molecule has 4 atom stereocenters. The third kappa shape index (κ3) is 4.38. The zero-order valence-electron chi connectivity index (χ0n) is 19.4. The highest BCUT2D eigenvalue weighted by Crippen LogP contribution is 2.48. The molecule has 12 heteroatoms. The number of carbonyl (C=O) groups excluding carboxylic acids is 1. The van der Waals surface area contributed by atoms with E-state index in [0.717, 1.165) is 16.3 Å². The first-order valence-electron chi connectivity index (χ1n) is 11.6. The summed E-state index contributed by atoms with van der Waals surface area (Å²) < 4.78 is 50.5. The normalized spacial score (nSPS) is 22.9. The van der Waals surface area contributed by atoms with Crippen molar-refractivity contribution in [1.82, 2.24) is 14.9 Å². The lowest BCUT2D eigenvalue weighted by molar-refractivity contribution is -0.122. The van der Waals surface area contributed by atoms with Crippen LogP contribution in [0.3, 0.4) is 0 Å². The summed E-state index contributed by atoms with van der Waals surface area (Å²) >= 11 is 0.902. The zero-order chi connectivity index (χ0) is 26.4. The van der Waals surface area contributed by atoms with Gasteiger partial charge in [0.05, 0.1) is 15.7 Å². The number of aliphatic hydroxyl groups is 1. The van der Waals surface area contributed by atoms with Crippen LogP contribution in [0.5, 0.6) is 0 Å². The van der Waals surface area contributed by atoms with Crippen LogP contribution >= 0.6 is 11.8 Å². The Morgan fingerprint density at radius 2 is 1.76 bits per heavy atom. The predicted molar refractivity (Wildman–Crippen MR) is 127 cm³/mol. The Labute approximate surface area is 212 Å². The SMILES string of the molecule is CCc1cn([C@@H]2O[C@H](CNC(=O)C3c4cccc(F)c4Sc4c(F)cccc43)[C@@H](O)[C@@H]2F)c(=O)[nH]c1=O. The van der Waals surface area contributed by atoms with Crippen LogP contribution in [0.25, 0.3) is 0 Å². The molecule has 1 amide bonds. The minimum Gasteiger partial charge on any atom is -0.387 e. The van der Waals surface area contributed by atoms with Crippen molar-refractivity contribution in [3.63, 3.8) is 0 Å². The van der Waals surface area contributed by atoms with Crippen LogP contribution in [0.15, 0.2) is 62.0 Å².